The maximum atomic E-state index is 12.9. The first-order valence-corrected chi connectivity index (χ1v) is 7.72. The first kappa shape index (κ1) is 14.7. The standard InChI is InChI=1S/C14H17F3N6/c1-9-8-11(22-6-4-21(5-7-22)10-2-3-10)23-13(18-9)19-12(20-23)14(15,16)17/h8,10H,2-7H2,1H3. The minimum absolute atomic E-state index is 0.00283. The molecule has 0 spiro atoms. The van der Waals surface area contributed by atoms with Crippen LogP contribution in [-0.2, 0) is 6.18 Å². The van der Waals surface area contributed by atoms with Gasteiger partial charge in [-0.05, 0) is 19.8 Å². The third-order valence-corrected chi connectivity index (χ3v) is 4.38. The molecular formula is C14H17F3N6. The van der Waals surface area contributed by atoms with Crippen LogP contribution in [0.3, 0.4) is 0 Å². The number of piperazine rings is 1. The fraction of sp³-hybridized carbons (Fsp3) is 0.643. The molecule has 2 aliphatic rings. The molecule has 0 bridgehead atoms. The van der Waals surface area contributed by atoms with Gasteiger partial charge in [-0.2, -0.15) is 22.7 Å². The maximum absolute atomic E-state index is 12.9. The Morgan fingerprint density at radius 3 is 2.39 bits per heavy atom. The lowest BCUT2D eigenvalue weighted by Gasteiger charge is -2.36. The van der Waals surface area contributed by atoms with Crippen LogP contribution in [0.25, 0.3) is 5.78 Å². The van der Waals surface area contributed by atoms with Gasteiger partial charge in [0.05, 0.1) is 0 Å². The molecule has 1 saturated heterocycles. The highest BCUT2D eigenvalue weighted by Gasteiger charge is 2.37. The average molecular weight is 326 g/mol. The molecule has 0 atom stereocenters. The SMILES string of the molecule is Cc1cc(N2CCN(C3CC3)CC2)n2nc(C(F)(F)F)nc2n1. The van der Waals surface area contributed by atoms with Crippen molar-refractivity contribution >= 4 is 11.6 Å². The summed E-state index contributed by atoms with van der Waals surface area (Å²) in [6.45, 7) is 5.15. The highest BCUT2D eigenvalue weighted by atomic mass is 19.4. The quantitative estimate of drug-likeness (QED) is 0.841. The van der Waals surface area contributed by atoms with Crippen molar-refractivity contribution in [3.63, 3.8) is 0 Å². The molecule has 1 aliphatic carbocycles. The van der Waals surface area contributed by atoms with Crippen LogP contribution < -0.4 is 4.90 Å². The van der Waals surface area contributed by atoms with E-state index in [1.807, 2.05) is 0 Å². The van der Waals surface area contributed by atoms with E-state index < -0.39 is 12.0 Å². The molecule has 3 heterocycles. The summed E-state index contributed by atoms with van der Waals surface area (Å²) in [4.78, 5) is 12.1. The Bertz CT molecular complexity index is 728. The number of rotatable bonds is 2. The van der Waals surface area contributed by atoms with Crippen LogP contribution in [0.1, 0.15) is 24.4 Å². The van der Waals surface area contributed by atoms with E-state index in [9.17, 15) is 13.2 Å². The van der Waals surface area contributed by atoms with Crippen molar-refractivity contribution in [3.8, 4) is 0 Å². The zero-order chi connectivity index (χ0) is 16.2. The van der Waals surface area contributed by atoms with Crippen molar-refractivity contribution in [1.82, 2.24) is 24.5 Å². The van der Waals surface area contributed by atoms with Crippen LogP contribution in [-0.4, -0.2) is 56.7 Å². The van der Waals surface area contributed by atoms with Gasteiger partial charge in [0.25, 0.3) is 11.6 Å². The second-order valence-corrected chi connectivity index (χ2v) is 6.15. The zero-order valence-corrected chi connectivity index (χ0v) is 12.7. The lowest BCUT2D eigenvalue weighted by atomic mass is 10.3. The topological polar surface area (TPSA) is 49.6 Å². The highest BCUT2D eigenvalue weighted by molar-refractivity contribution is 5.48. The second-order valence-electron chi connectivity index (χ2n) is 6.15. The van der Waals surface area contributed by atoms with Crippen LogP contribution in [0.2, 0.25) is 0 Å². The summed E-state index contributed by atoms with van der Waals surface area (Å²) in [5.41, 5.74) is 0.637. The number of hydrogen-bond acceptors (Lipinski definition) is 5. The fourth-order valence-corrected chi connectivity index (χ4v) is 3.07. The molecule has 0 aromatic carbocycles. The Morgan fingerprint density at radius 1 is 1.09 bits per heavy atom. The van der Waals surface area contributed by atoms with Crippen molar-refractivity contribution in [3.05, 3.63) is 17.6 Å². The monoisotopic (exact) mass is 326 g/mol. The van der Waals surface area contributed by atoms with E-state index in [0.717, 1.165) is 26.2 Å². The van der Waals surface area contributed by atoms with Crippen molar-refractivity contribution in [2.75, 3.05) is 31.1 Å². The largest absolute Gasteiger partial charge is 0.453 e. The van der Waals surface area contributed by atoms with Crippen molar-refractivity contribution in [2.24, 2.45) is 0 Å². The number of halogens is 3. The van der Waals surface area contributed by atoms with Gasteiger partial charge in [0.15, 0.2) is 0 Å². The Kier molecular flexibility index (Phi) is 3.22. The lowest BCUT2D eigenvalue weighted by molar-refractivity contribution is -0.144. The average Bonchev–Trinajstić information content (AvgIpc) is 3.25. The normalized spacial score (nSPS) is 20.4. The van der Waals surface area contributed by atoms with E-state index in [0.29, 0.717) is 17.6 Å². The molecule has 23 heavy (non-hydrogen) atoms. The summed E-state index contributed by atoms with van der Waals surface area (Å²) >= 11 is 0. The lowest BCUT2D eigenvalue weighted by Crippen LogP contribution is -2.47. The Labute approximate surface area is 130 Å². The molecule has 2 aromatic heterocycles. The minimum Gasteiger partial charge on any atom is -0.354 e. The summed E-state index contributed by atoms with van der Waals surface area (Å²) in [6.07, 6.45) is -2.04. The molecule has 2 aromatic rings. The van der Waals surface area contributed by atoms with Crippen LogP contribution in [0.15, 0.2) is 6.07 Å². The summed E-state index contributed by atoms with van der Waals surface area (Å²) in [5.74, 6) is -0.517. The van der Waals surface area contributed by atoms with Gasteiger partial charge in [-0.1, -0.05) is 0 Å². The third kappa shape index (κ3) is 2.73. The van der Waals surface area contributed by atoms with E-state index in [4.69, 9.17) is 0 Å². The summed E-state index contributed by atoms with van der Waals surface area (Å²) < 4.78 is 39.8. The van der Waals surface area contributed by atoms with Crippen LogP contribution in [0.4, 0.5) is 19.0 Å². The van der Waals surface area contributed by atoms with Gasteiger partial charge in [-0.15, -0.1) is 5.10 Å². The van der Waals surface area contributed by atoms with Gasteiger partial charge in [0, 0.05) is 44.0 Å². The number of alkyl halides is 3. The van der Waals surface area contributed by atoms with Gasteiger partial charge >= 0.3 is 6.18 Å². The molecular weight excluding hydrogens is 309 g/mol. The van der Waals surface area contributed by atoms with Gasteiger partial charge < -0.3 is 4.90 Å². The predicted octanol–water partition coefficient (Wildman–Crippen LogP) is 1.74. The van der Waals surface area contributed by atoms with Crippen LogP contribution >= 0.6 is 0 Å². The second kappa shape index (κ2) is 5.05. The van der Waals surface area contributed by atoms with Crippen molar-refractivity contribution < 1.29 is 13.2 Å². The van der Waals surface area contributed by atoms with E-state index in [2.05, 4.69) is 24.9 Å². The molecule has 9 heteroatoms. The van der Waals surface area contributed by atoms with E-state index >= 15 is 0 Å². The molecule has 0 unspecified atom stereocenters. The Balaban J connectivity index is 1.67. The molecule has 6 nitrogen and oxygen atoms in total. The molecule has 0 amide bonds. The highest BCUT2D eigenvalue weighted by Crippen LogP contribution is 2.30. The predicted molar refractivity (Wildman–Crippen MR) is 77.3 cm³/mol. The minimum atomic E-state index is -4.57. The Morgan fingerprint density at radius 2 is 1.78 bits per heavy atom. The van der Waals surface area contributed by atoms with Gasteiger partial charge in [0.1, 0.15) is 5.82 Å². The van der Waals surface area contributed by atoms with Gasteiger partial charge in [0.2, 0.25) is 0 Å². The first-order valence-electron chi connectivity index (χ1n) is 7.72. The van der Waals surface area contributed by atoms with Crippen LogP contribution in [0.5, 0.6) is 0 Å². The number of anilines is 1. The van der Waals surface area contributed by atoms with Gasteiger partial charge in [-0.3, -0.25) is 4.90 Å². The van der Waals surface area contributed by atoms with E-state index in [1.54, 1.807) is 13.0 Å². The molecule has 0 radical (unpaired) electrons. The number of nitrogens with zero attached hydrogens (tertiary/aromatic N) is 6. The van der Waals surface area contributed by atoms with E-state index in [-0.39, 0.29) is 5.78 Å². The molecule has 1 aliphatic heterocycles. The number of aryl methyl sites for hydroxylation is 1. The summed E-state index contributed by atoms with van der Waals surface area (Å²) in [6, 6.07) is 2.48. The summed E-state index contributed by atoms with van der Waals surface area (Å²) in [7, 11) is 0. The number of fused-ring (bicyclic) bond motifs is 1. The molecule has 2 fully saturated rings. The molecule has 0 N–H and O–H groups in total. The van der Waals surface area contributed by atoms with E-state index in [1.165, 1.54) is 17.4 Å². The first-order chi connectivity index (χ1) is 10.9. The third-order valence-electron chi connectivity index (χ3n) is 4.38. The number of aromatic nitrogens is 4. The van der Waals surface area contributed by atoms with Crippen molar-refractivity contribution in [1.29, 1.82) is 0 Å². The smallest absolute Gasteiger partial charge is 0.354 e. The Hall–Kier alpha value is -1.90. The molecule has 4 rings (SSSR count). The van der Waals surface area contributed by atoms with Crippen molar-refractivity contribution in [2.45, 2.75) is 32.0 Å². The number of hydrogen-bond donors (Lipinski definition) is 0. The maximum Gasteiger partial charge on any atom is 0.453 e. The summed E-state index contributed by atoms with van der Waals surface area (Å²) in [5, 5.41) is 3.63. The fourth-order valence-electron chi connectivity index (χ4n) is 3.07. The zero-order valence-electron chi connectivity index (χ0n) is 12.7. The van der Waals surface area contributed by atoms with Crippen LogP contribution in [0, 0.1) is 6.92 Å². The molecule has 124 valence electrons. The molecule has 1 saturated carbocycles. The van der Waals surface area contributed by atoms with Gasteiger partial charge in [-0.25, -0.2) is 4.98 Å².